The van der Waals surface area contributed by atoms with Crippen LogP contribution in [0.2, 0.25) is 0 Å². The molecule has 2 aromatic rings. The molecule has 0 aromatic heterocycles. The predicted octanol–water partition coefficient (Wildman–Crippen LogP) is 3.51. The molecule has 30 heavy (non-hydrogen) atoms. The third-order valence-electron chi connectivity index (χ3n) is 4.20. The van der Waals surface area contributed by atoms with Crippen molar-refractivity contribution in [3.63, 3.8) is 0 Å². The molecule has 2 N–H and O–H groups in total. The van der Waals surface area contributed by atoms with Crippen molar-refractivity contribution in [3.05, 3.63) is 57.8 Å². The number of benzene rings is 2. The van der Waals surface area contributed by atoms with Gasteiger partial charge < -0.3 is 14.8 Å². The quantitative estimate of drug-likeness (QED) is 0.447. The van der Waals surface area contributed by atoms with Crippen LogP contribution in [0.4, 0.5) is 4.39 Å². The molecule has 0 bridgehead atoms. The summed E-state index contributed by atoms with van der Waals surface area (Å²) in [7, 11) is 3.04. The predicted molar refractivity (Wildman–Crippen MR) is 115 cm³/mol. The van der Waals surface area contributed by atoms with Crippen LogP contribution in [0, 0.1) is 11.7 Å². The zero-order valence-electron chi connectivity index (χ0n) is 17.0. The SMILES string of the molecule is COc1cc(/C=N/NC(=O)C(NC(=O)c2ccccc2F)C(C)C)cc(Br)c1OC. The number of hydrogen-bond donors (Lipinski definition) is 2. The van der Waals surface area contributed by atoms with E-state index < -0.39 is 23.7 Å². The molecular weight excluding hydrogens is 457 g/mol. The molecule has 0 aliphatic heterocycles. The summed E-state index contributed by atoms with van der Waals surface area (Å²) in [5.74, 6) is -1.06. The first-order valence-electron chi connectivity index (χ1n) is 9.08. The number of halogens is 2. The highest BCUT2D eigenvalue weighted by molar-refractivity contribution is 9.10. The highest BCUT2D eigenvalue weighted by Crippen LogP contribution is 2.35. The second-order valence-electron chi connectivity index (χ2n) is 6.65. The molecule has 0 saturated carbocycles. The van der Waals surface area contributed by atoms with E-state index in [4.69, 9.17) is 9.47 Å². The normalized spacial score (nSPS) is 12.0. The van der Waals surface area contributed by atoms with Crippen LogP contribution in [0.1, 0.15) is 29.8 Å². The lowest BCUT2D eigenvalue weighted by atomic mass is 10.0. The second kappa shape index (κ2) is 10.7. The molecule has 0 aliphatic rings. The van der Waals surface area contributed by atoms with Crippen molar-refractivity contribution in [3.8, 4) is 11.5 Å². The highest BCUT2D eigenvalue weighted by atomic mass is 79.9. The van der Waals surface area contributed by atoms with E-state index in [0.29, 0.717) is 21.5 Å². The fraction of sp³-hybridized carbons (Fsp3) is 0.286. The third kappa shape index (κ3) is 5.79. The van der Waals surface area contributed by atoms with Gasteiger partial charge in [0.15, 0.2) is 11.5 Å². The van der Waals surface area contributed by atoms with Gasteiger partial charge in [-0.3, -0.25) is 9.59 Å². The van der Waals surface area contributed by atoms with Crippen LogP contribution in [0.5, 0.6) is 11.5 Å². The van der Waals surface area contributed by atoms with Crippen molar-refractivity contribution in [1.82, 2.24) is 10.7 Å². The lowest BCUT2D eigenvalue weighted by molar-refractivity contribution is -0.123. The van der Waals surface area contributed by atoms with Crippen LogP contribution >= 0.6 is 15.9 Å². The number of nitrogens with one attached hydrogen (secondary N) is 2. The Hall–Kier alpha value is -2.94. The maximum atomic E-state index is 13.8. The first-order chi connectivity index (χ1) is 14.3. The summed E-state index contributed by atoms with van der Waals surface area (Å²) in [6.07, 6.45) is 1.43. The zero-order valence-corrected chi connectivity index (χ0v) is 18.6. The molecule has 2 aromatic carbocycles. The molecule has 0 fully saturated rings. The molecule has 0 radical (unpaired) electrons. The van der Waals surface area contributed by atoms with Gasteiger partial charge in [0.05, 0.1) is 30.5 Å². The first-order valence-corrected chi connectivity index (χ1v) is 9.87. The van der Waals surface area contributed by atoms with Crippen LogP contribution in [0.3, 0.4) is 0 Å². The number of carbonyl (C=O) groups is 2. The van der Waals surface area contributed by atoms with Gasteiger partial charge in [-0.15, -0.1) is 0 Å². The molecule has 0 heterocycles. The van der Waals surface area contributed by atoms with Gasteiger partial charge in [-0.2, -0.15) is 5.10 Å². The topological polar surface area (TPSA) is 89.0 Å². The fourth-order valence-electron chi connectivity index (χ4n) is 2.65. The van der Waals surface area contributed by atoms with E-state index in [9.17, 15) is 14.0 Å². The van der Waals surface area contributed by atoms with E-state index in [-0.39, 0.29) is 11.5 Å². The minimum atomic E-state index is -0.897. The van der Waals surface area contributed by atoms with Crippen LogP contribution in [0.25, 0.3) is 0 Å². The summed E-state index contributed by atoms with van der Waals surface area (Å²) < 4.78 is 25.0. The Balaban J connectivity index is 2.10. The molecule has 7 nitrogen and oxygen atoms in total. The molecular formula is C21H23BrFN3O4. The molecule has 160 valence electrons. The largest absolute Gasteiger partial charge is 0.493 e. The van der Waals surface area contributed by atoms with Crippen molar-refractivity contribution in [2.45, 2.75) is 19.9 Å². The number of ether oxygens (including phenoxy) is 2. The van der Waals surface area contributed by atoms with Crippen molar-refractivity contribution in [1.29, 1.82) is 0 Å². The number of rotatable bonds is 8. The van der Waals surface area contributed by atoms with Gasteiger partial charge in [0, 0.05) is 0 Å². The smallest absolute Gasteiger partial charge is 0.262 e. The Morgan fingerprint density at radius 2 is 1.87 bits per heavy atom. The van der Waals surface area contributed by atoms with Gasteiger partial charge >= 0.3 is 0 Å². The van der Waals surface area contributed by atoms with Crippen LogP contribution in [0.15, 0.2) is 46.0 Å². The standard InChI is InChI=1S/C21H23BrFN3O4/c1-12(2)18(25-20(27)14-7-5-6-8-16(14)23)21(28)26-24-11-13-9-15(22)19(30-4)17(10-13)29-3/h5-12,18H,1-4H3,(H,25,27)(H,26,28)/b24-11+. The Morgan fingerprint density at radius 1 is 1.17 bits per heavy atom. The number of methoxy groups -OCH3 is 2. The number of hydrazone groups is 1. The number of nitrogens with zero attached hydrogens (tertiary/aromatic N) is 1. The van der Waals surface area contributed by atoms with Gasteiger partial charge in [-0.1, -0.05) is 26.0 Å². The summed E-state index contributed by atoms with van der Waals surface area (Å²) in [4.78, 5) is 24.9. The second-order valence-corrected chi connectivity index (χ2v) is 7.50. The van der Waals surface area contributed by atoms with Crippen molar-refractivity contribution >= 4 is 34.0 Å². The van der Waals surface area contributed by atoms with Crippen molar-refractivity contribution in [2.24, 2.45) is 11.0 Å². The Morgan fingerprint density at radius 3 is 2.47 bits per heavy atom. The first kappa shape index (κ1) is 23.3. The van der Waals surface area contributed by atoms with Crippen LogP contribution < -0.4 is 20.2 Å². The fourth-order valence-corrected chi connectivity index (χ4v) is 3.27. The maximum Gasteiger partial charge on any atom is 0.262 e. The average Bonchev–Trinajstić information content (AvgIpc) is 2.71. The maximum absolute atomic E-state index is 13.8. The monoisotopic (exact) mass is 479 g/mol. The summed E-state index contributed by atoms with van der Waals surface area (Å²) in [6, 6.07) is 8.12. The molecule has 2 amide bonds. The molecule has 0 aliphatic carbocycles. The summed E-state index contributed by atoms with van der Waals surface area (Å²) in [6.45, 7) is 3.53. The summed E-state index contributed by atoms with van der Waals surface area (Å²) in [5, 5.41) is 6.50. The molecule has 9 heteroatoms. The van der Waals surface area contributed by atoms with Gasteiger partial charge in [-0.25, -0.2) is 9.82 Å². The number of hydrogen-bond acceptors (Lipinski definition) is 5. The molecule has 0 spiro atoms. The van der Waals surface area contributed by atoms with Gasteiger partial charge in [0.25, 0.3) is 11.8 Å². The Kier molecular flexibility index (Phi) is 8.35. The van der Waals surface area contributed by atoms with Crippen molar-refractivity contribution in [2.75, 3.05) is 14.2 Å². The van der Waals surface area contributed by atoms with E-state index in [1.165, 1.54) is 38.6 Å². The third-order valence-corrected chi connectivity index (χ3v) is 4.79. The molecule has 2 rings (SSSR count). The van der Waals surface area contributed by atoms with Crippen molar-refractivity contribution < 1.29 is 23.5 Å². The van der Waals surface area contributed by atoms with E-state index >= 15 is 0 Å². The molecule has 1 atom stereocenters. The summed E-state index contributed by atoms with van der Waals surface area (Å²) >= 11 is 3.39. The lowest BCUT2D eigenvalue weighted by Crippen LogP contribution is -2.48. The Labute approximate surface area is 182 Å². The van der Waals surface area contributed by atoms with Crippen LogP contribution in [-0.4, -0.2) is 38.3 Å². The van der Waals surface area contributed by atoms with E-state index in [1.807, 2.05) is 0 Å². The lowest BCUT2D eigenvalue weighted by Gasteiger charge is -2.20. The molecule has 0 saturated heterocycles. The van der Waals surface area contributed by atoms with Gasteiger partial charge in [0.1, 0.15) is 11.9 Å². The highest BCUT2D eigenvalue weighted by Gasteiger charge is 2.25. The zero-order chi connectivity index (χ0) is 22.3. The Bertz CT molecular complexity index is 950. The van der Waals surface area contributed by atoms with Gasteiger partial charge in [-0.05, 0) is 51.7 Å². The minimum absolute atomic E-state index is 0.130. The van der Waals surface area contributed by atoms with E-state index in [2.05, 4.69) is 31.8 Å². The van der Waals surface area contributed by atoms with Crippen LogP contribution in [-0.2, 0) is 4.79 Å². The number of amides is 2. The molecule has 1 unspecified atom stereocenters. The van der Waals surface area contributed by atoms with E-state index in [1.54, 1.807) is 32.0 Å². The van der Waals surface area contributed by atoms with E-state index in [0.717, 1.165) is 0 Å². The van der Waals surface area contributed by atoms with Gasteiger partial charge in [0.2, 0.25) is 0 Å². The minimum Gasteiger partial charge on any atom is -0.493 e. The summed E-state index contributed by atoms with van der Waals surface area (Å²) in [5.41, 5.74) is 2.92. The number of carbonyl (C=O) groups excluding carboxylic acids is 2. The average molecular weight is 480 g/mol.